The molecule has 3 atom stereocenters. The average molecular weight is 282 g/mol. The molecule has 1 aliphatic rings. The molecule has 0 aromatic heterocycles. The van der Waals surface area contributed by atoms with E-state index in [-0.39, 0.29) is 0 Å². The topological polar surface area (TPSA) is 17.1 Å². The second-order valence-electron chi connectivity index (χ2n) is 6.79. The van der Waals surface area contributed by atoms with Gasteiger partial charge in [0.2, 0.25) is 0 Å². The first kappa shape index (κ1) is 16.8. The van der Waals surface area contributed by atoms with Crippen LogP contribution in [0.5, 0.6) is 0 Å². The lowest BCUT2D eigenvalue weighted by Crippen LogP contribution is -2.30. The highest BCUT2D eigenvalue weighted by molar-refractivity contribution is 8.00. The summed E-state index contributed by atoms with van der Waals surface area (Å²) >= 11 is 1.95. The van der Waals surface area contributed by atoms with E-state index in [0.717, 1.165) is 6.29 Å². The van der Waals surface area contributed by atoms with Gasteiger partial charge in [-0.25, -0.2) is 0 Å². The Morgan fingerprint density at radius 2 is 2.11 bits per heavy atom. The summed E-state index contributed by atoms with van der Waals surface area (Å²) in [4.78, 5) is 10.5. The lowest BCUT2D eigenvalue weighted by atomic mass is 9.65. The van der Waals surface area contributed by atoms with Crippen molar-refractivity contribution in [2.75, 3.05) is 0 Å². The van der Waals surface area contributed by atoms with Crippen LogP contribution in [-0.4, -0.2) is 16.8 Å². The minimum absolute atomic E-state index is 0.425. The zero-order chi connectivity index (χ0) is 14.5. The molecule has 1 saturated carbocycles. The van der Waals surface area contributed by atoms with Crippen LogP contribution in [0.1, 0.15) is 66.2 Å². The van der Waals surface area contributed by atoms with Crippen LogP contribution in [0.15, 0.2) is 12.2 Å². The summed E-state index contributed by atoms with van der Waals surface area (Å²) < 4.78 is 0. The Bertz CT molecular complexity index is 308. The molecule has 0 N–H and O–H groups in total. The molecule has 1 nitrogen and oxygen atoms in total. The summed E-state index contributed by atoms with van der Waals surface area (Å²) in [6.07, 6.45) is 8.07. The molecule has 0 heterocycles. The molecule has 19 heavy (non-hydrogen) atoms. The van der Waals surface area contributed by atoms with Crippen molar-refractivity contribution in [3.8, 4) is 0 Å². The molecule has 110 valence electrons. The molecule has 0 amide bonds. The van der Waals surface area contributed by atoms with E-state index in [1.165, 1.54) is 37.7 Å². The van der Waals surface area contributed by atoms with Crippen molar-refractivity contribution in [3.05, 3.63) is 12.2 Å². The number of hydrogen-bond donors (Lipinski definition) is 0. The summed E-state index contributed by atoms with van der Waals surface area (Å²) in [7, 11) is 0. The van der Waals surface area contributed by atoms with Crippen LogP contribution in [-0.2, 0) is 4.79 Å². The first-order valence-electron chi connectivity index (χ1n) is 7.63. The monoisotopic (exact) mass is 282 g/mol. The van der Waals surface area contributed by atoms with Gasteiger partial charge in [-0.15, -0.1) is 0 Å². The third kappa shape index (κ3) is 5.33. The van der Waals surface area contributed by atoms with E-state index in [2.05, 4.69) is 34.3 Å². The van der Waals surface area contributed by atoms with Gasteiger partial charge < -0.3 is 4.79 Å². The summed E-state index contributed by atoms with van der Waals surface area (Å²) in [6, 6.07) is 0. The van der Waals surface area contributed by atoms with Crippen molar-refractivity contribution in [3.63, 3.8) is 0 Å². The van der Waals surface area contributed by atoms with Crippen LogP contribution in [0.4, 0.5) is 0 Å². The minimum atomic E-state index is 0.425. The largest absolute Gasteiger partial charge is 0.303 e. The highest BCUT2D eigenvalue weighted by Gasteiger charge is 2.34. The van der Waals surface area contributed by atoms with Gasteiger partial charge in [-0.3, -0.25) is 0 Å². The standard InChI is InChI=1S/C17H30OS/c1-13-7-6-11-17(4,5)16(13)9-8-14(2)19-15(3)10-12-18/h12,14-16H,1,6-11H2,2-5H3. The minimum Gasteiger partial charge on any atom is -0.303 e. The number of hydrogen-bond acceptors (Lipinski definition) is 2. The van der Waals surface area contributed by atoms with Crippen LogP contribution in [0.2, 0.25) is 0 Å². The zero-order valence-electron chi connectivity index (χ0n) is 13.1. The number of carbonyl (C=O) groups is 1. The van der Waals surface area contributed by atoms with Gasteiger partial charge in [0.15, 0.2) is 0 Å². The fraction of sp³-hybridized carbons (Fsp3) is 0.824. The molecule has 0 spiro atoms. The number of rotatable bonds is 7. The number of thioether (sulfide) groups is 1. The smallest absolute Gasteiger partial charge is 0.121 e. The van der Waals surface area contributed by atoms with E-state index < -0.39 is 0 Å². The van der Waals surface area contributed by atoms with Gasteiger partial charge in [0, 0.05) is 16.9 Å². The van der Waals surface area contributed by atoms with Gasteiger partial charge in [0.25, 0.3) is 0 Å². The first-order chi connectivity index (χ1) is 8.86. The molecule has 0 aromatic carbocycles. The van der Waals surface area contributed by atoms with Crippen LogP contribution < -0.4 is 0 Å². The van der Waals surface area contributed by atoms with Crippen molar-refractivity contribution in [2.24, 2.45) is 11.3 Å². The molecule has 1 rings (SSSR count). The van der Waals surface area contributed by atoms with E-state index >= 15 is 0 Å². The normalized spacial score (nSPS) is 25.9. The Morgan fingerprint density at radius 1 is 1.42 bits per heavy atom. The Balaban J connectivity index is 2.41. The van der Waals surface area contributed by atoms with Crippen LogP contribution in [0.25, 0.3) is 0 Å². The van der Waals surface area contributed by atoms with Gasteiger partial charge in [0.05, 0.1) is 0 Å². The molecule has 1 aliphatic carbocycles. The Labute approximate surface area is 123 Å². The maximum Gasteiger partial charge on any atom is 0.121 e. The molecule has 1 fully saturated rings. The predicted molar refractivity (Wildman–Crippen MR) is 86.7 cm³/mol. The third-order valence-electron chi connectivity index (χ3n) is 4.51. The van der Waals surface area contributed by atoms with Crippen molar-refractivity contribution < 1.29 is 4.79 Å². The number of aldehydes is 1. The van der Waals surface area contributed by atoms with Crippen LogP contribution >= 0.6 is 11.8 Å². The molecule has 0 saturated heterocycles. The van der Waals surface area contributed by atoms with Crippen molar-refractivity contribution in [1.29, 1.82) is 0 Å². The van der Waals surface area contributed by atoms with E-state index in [0.29, 0.717) is 28.3 Å². The summed E-state index contributed by atoms with van der Waals surface area (Å²) in [5.41, 5.74) is 1.89. The van der Waals surface area contributed by atoms with Crippen LogP contribution in [0, 0.1) is 11.3 Å². The second-order valence-corrected chi connectivity index (χ2v) is 8.67. The molecule has 2 heteroatoms. The van der Waals surface area contributed by atoms with Gasteiger partial charge in [-0.05, 0) is 43.4 Å². The lowest BCUT2D eigenvalue weighted by Gasteiger charge is -2.41. The van der Waals surface area contributed by atoms with E-state index in [4.69, 9.17) is 0 Å². The molecule has 0 aliphatic heterocycles. The molecule has 0 bridgehead atoms. The number of carbonyl (C=O) groups excluding carboxylic acids is 1. The molecule has 0 radical (unpaired) electrons. The maximum absolute atomic E-state index is 10.5. The van der Waals surface area contributed by atoms with Crippen molar-refractivity contribution in [1.82, 2.24) is 0 Å². The molecular formula is C17H30OS. The fourth-order valence-electron chi connectivity index (χ4n) is 3.32. The van der Waals surface area contributed by atoms with Gasteiger partial charge >= 0.3 is 0 Å². The highest BCUT2D eigenvalue weighted by atomic mass is 32.2. The maximum atomic E-state index is 10.5. The summed E-state index contributed by atoms with van der Waals surface area (Å²) in [5, 5.41) is 1.09. The van der Waals surface area contributed by atoms with Crippen molar-refractivity contribution in [2.45, 2.75) is 76.7 Å². The van der Waals surface area contributed by atoms with Crippen LogP contribution in [0.3, 0.4) is 0 Å². The Hall–Kier alpha value is -0.240. The molecular weight excluding hydrogens is 252 g/mol. The predicted octanol–water partition coefficient (Wildman–Crippen LogP) is 5.25. The lowest BCUT2D eigenvalue weighted by molar-refractivity contribution is -0.107. The molecule has 3 unspecified atom stereocenters. The first-order valence-corrected chi connectivity index (χ1v) is 8.58. The Morgan fingerprint density at radius 3 is 2.68 bits per heavy atom. The third-order valence-corrected chi connectivity index (χ3v) is 5.87. The van der Waals surface area contributed by atoms with Crippen molar-refractivity contribution >= 4 is 18.0 Å². The van der Waals surface area contributed by atoms with Gasteiger partial charge in [-0.1, -0.05) is 39.8 Å². The quantitative estimate of drug-likeness (QED) is 0.468. The highest BCUT2D eigenvalue weighted by Crippen LogP contribution is 2.45. The molecule has 0 aromatic rings. The second kappa shape index (κ2) is 7.52. The summed E-state index contributed by atoms with van der Waals surface area (Å²) in [6.45, 7) is 13.5. The van der Waals surface area contributed by atoms with E-state index in [1.54, 1.807) is 0 Å². The summed E-state index contributed by atoms with van der Waals surface area (Å²) in [5.74, 6) is 0.686. The van der Waals surface area contributed by atoms with E-state index in [9.17, 15) is 4.79 Å². The zero-order valence-corrected chi connectivity index (χ0v) is 13.9. The Kier molecular flexibility index (Phi) is 6.65. The van der Waals surface area contributed by atoms with Gasteiger partial charge in [-0.2, -0.15) is 11.8 Å². The average Bonchev–Trinajstić information content (AvgIpc) is 2.27. The van der Waals surface area contributed by atoms with Gasteiger partial charge in [0.1, 0.15) is 6.29 Å². The fourth-order valence-corrected chi connectivity index (χ4v) is 4.58. The SMILES string of the molecule is C=C1CCCC(C)(C)C1CCC(C)SC(C)CC=O. The number of allylic oxidation sites excluding steroid dienone is 1. The van der Waals surface area contributed by atoms with E-state index in [1.807, 2.05) is 11.8 Å².